The lowest BCUT2D eigenvalue weighted by Gasteiger charge is -2.28. The van der Waals surface area contributed by atoms with Gasteiger partial charge in [0.2, 0.25) is 0 Å². The minimum Gasteiger partial charge on any atom is -0.382 e. The van der Waals surface area contributed by atoms with Crippen LogP contribution in [0.1, 0.15) is 58.4 Å². The standard InChI is InChI=1S/C17H28N2/c1-4-17(2,3)13-5-9-15(10-6-13)19-16-11-7-14(18)8-12-16/h5-6,9-10,14,16,19H,4,7-8,11-12,18H2,1-3H3. The van der Waals surface area contributed by atoms with E-state index in [0.717, 1.165) is 12.8 Å². The predicted octanol–water partition coefficient (Wildman–Crippen LogP) is 4.06. The largest absolute Gasteiger partial charge is 0.382 e. The van der Waals surface area contributed by atoms with E-state index in [1.165, 1.54) is 30.5 Å². The molecular formula is C17H28N2. The molecular weight excluding hydrogens is 232 g/mol. The third-order valence-electron chi connectivity index (χ3n) is 4.69. The molecule has 1 aliphatic carbocycles. The van der Waals surface area contributed by atoms with Crippen LogP contribution < -0.4 is 11.1 Å². The minimum absolute atomic E-state index is 0.274. The first-order valence-corrected chi connectivity index (χ1v) is 7.64. The van der Waals surface area contributed by atoms with Crippen molar-refractivity contribution in [2.75, 3.05) is 5.32 Å². The van der Waals surface area contributed by atoms with Crippen molar-refractivity contribution in [2.45, 2.75) is 70.4 Å². The molecule has 0 radical (unpaired) electrons. The van der Waals surface area contributed by atoms with Gasteiger partial charge >= 0.3 is 0 Å². The number of nitrogens with one attached hydrogen (secondary N) is 1. The van der Waals surface area contributed by atoms with Crippen LogP contribution in [0.3, 0.4) is 0 Å². The third-order valence-corrected chi connectivity index (χ3v) is 4.69. The first-order chi connectivity index (χ1) is 9.01. The summed E-state index contributed by atoms with van der Waals surface area (Å²) in [6.07, 6.45) is 5.87. The Kier molecular flexibility index (Phi) is 4.51. The summed E-state index contributed by atoms with van der Waals surface area (Å²) in [7, 11) is 0. The van der Waals surface area contributed by atoms with Crippen molar-refractivity contribution < 1.29 is 0 Å². The van der Waals surface area contributed by atoms with Gasteiger partial charge in [-0.25, -0.2) is 0 Å². The monoisotopic (exact) mass is 260 g/mol. The quantitative estimate of drug-likeness (QED) is 0.857. The summed E-state index contributed by atoms with van der Waals surface area (Å²) >= 11 is 0. The molecule has 1 aromatic rings. The second-order valence-corrected chi connectivity index (χ2v) is 6.57. The number of anilines is 1. The molecule has 0 aromatic heterocycles. The van der Waals surface area contributed by atoms with Gasteiger partial charge in [0, 0.05) is 17.8 Å². The van der Waals surface area contributed by atoms with Gasteiger partial charge in [0.1, 0.15) is 0 Å². The van der Waals surface area contributed by atoms with Gasteiger partial charge in [-0.1, -0.05) is 32.9 Å². The van der Waals surface area contributed by atoms with E-state index in [9.17, 15) is 0 Å². The van der Waals surface area contributed by atoms with Crippen molar-refractivity contribution in [3.8, 4) is 0 Å². The molecule has 1 aromatic carbocycles. The fourth-order valence-electron chi connectivity index (χ4n) is 2.72. The van der Waals surface area contributed by atoms with Crippen molar-refractivity contribution in [1.82, 2.24) is 0 Å². The lowest BCUT2D eigenvalue weighted by Crippen LogP contribution is -2.32. The number of hydrogen-bond donors (Lipinski definition) is 2. The first-order valence-electron chi connectivity index (χ1n) is 7.64. The van der Waals surface area contributed by atoms with Crippen molar-refractivity contribution in [1.29, 1.82) is 0 Å². The third kappa shape index (κ3) is 3.73. The van der Waals surface area contributed by atoms with E-state index >= 15 is 0 Å². The predicted molar refractivity (Wildman–Crippen MR) is 83.6 cm³/mol. The van der Waals surface area contributed by atoms with Crippen molar-refractivity contribution >= 4 is 5.69 Å². The highest BCUT2D eigenvalue weighted by atomic mass is 14.9. The van der Waals surface area contributed by atoms with Crippen LogP contribution in [-0.4, -0.2) is 12.1 Å². The number of rotatable bonds is 4. The first kappa shape index (κ1) is 14.4. The van der Waals surface area contributed by atoms with Gasteiger partial charge in [-0.15, -0.1) is 0 Å². The maximum Gasteiger partial charge on any atom is 0.0342 e. The van der Waals surface area contributed by atoms with Gasteiger partial charge in [-0.2, -0.15) is 0 Å². The fourth-order valence-corrected chi connectivity index (χ4v) is 2.72. The molecule has 0 spiro atoms. The van der Waals surface area contributed by atoms with Crippen molar-refractivity contribution in [3.63, 3.8) is 0 Å². The van der Waals surface area contributed by atoms with Gasteiger partial charge in [0.25, 0.3) is 0 Å². The summed E-state index contributed by atoms with van der Waals surface area (Å²) in [5.41, 5.74) is 8.89. The highest BCUT2D eigenvalue weighted by Gasteiger charge is 2.19. The van der Waals surface area contributed by atoms with E-state index in [-0.39, 0.29) is 5.41 Å². The molecule has 106 valence electrons. The minimum atomic E-state index is 0.274. The Labute approximate surface area is 117 Å². The Morgan fingerprint density at radius 3 is 2.21 bits per heavy atom. The molecule has 2 heteroatoms. The van der Waals surface area contributed by atoms with Crippen LogP contribution >= 0.6 is 0 Å². The highest BCUT2D eigenvalue weighted by Crippen LogP contribution is 2.28. The summed E-state index contributed by atoms with van der Waals surface area (Å²) in [5, 5.41) is 3.64. The number of hydrogen-bond acceptors (Lipinski definition) is 2. The fraction of sp³-hybridized carbons (Fsp3) is 0.647. The summed E-state index contributed by atoms with van der Waals surface area (Å²) in [6.45, 7) is 6.85. The molecule has 0 bridgehead atoms. The van der Waals surface area contributed by atoms with Gasteiger partial charge in [0.15, 0.2) is 0 Å². The smallest absolute Gasteiger partial charge is 0.0342 e. The molecule has 1 fully saturated rings. The maximum atomic E-state index is 5.95. The Balaban J connectivity index is 1.95. The van der Waals surface area contributed by atoms with Crippen LogP contribution in [-0.2, 0) is 5.41 Å². The van der Waals surface area contributed by atoms with Gasteiger partial charge < -0.3 is 11.1 Å². The molecule has 2 nitrogen and oxygen atoms in total. The Bertz CT molecular complexity index is 386. The summed E-state index contributed by atoms with van der Waals surface area (Å²) in [6, 6.07) is 10.00. The average Bonchev–Trinajstić information content (AvgIpc) is 2.42. The molecule has 19 heavy (non-hydrogen) atoms. The zero-order valence-corrected chi connectivity index (χ0v) is 12.6. The molecule has 0 saturated heterocycles. The van der Waals surface area contributed by atoms with Crippen LogP contribution in [0.2, 0.25) is 0 Å². The van der Waals surface area contributed by atoms with Gasteiger partial charge in [0.05, 0.1) is 0 Å². The molecule has 0 heterocycles. The van der Waals surface area contributed by atoms with Crippen LogP contribution in [0.5, 0.6) is 0 Å². The topological polar surface area (TPSA) is 38.0 Å². The molecule has 0 amide bonds. The van der Waals surface area contributed by atoms with E-state index in [1.54, 1.807) is 0 Å². The summed E-state index contributed by atoms with van der Waals surface area (Å²) in [5.74, 6) is 0. The number of nitrogens with two attached hydrogens (primary N) is 1. The Hall–Kier alpha value is -1.02. The SMILES string of the molecule is CCC(C)(C)c1ccc(NC2CCC(N)CC2)cc1. The van der Waals surface area contributed by atoms with Crippen molar-refractivity contribution in [2.24, 2.45) is 5.73 Å². The van der Waals surface area contributed by atoms with Crippen LogP contribution in [0.15, 0.2) is 24.3 Å². The molecule has 1 saturated carbocycles. The van der Waals surface area contributed by atoms with Crippen LogP contribution in [0.4, 0.5) is 5.69 Å². The van der Waals surface area contributed by atoms with E-state index in [4.69, 9.17) is 5.73 Å². The molecule has 2 rings (SSSR count). The van der Waals surface area contributed by atoms with Gasteiger partial charge in [-0.3, -0.25) is 0 Å². The molecule has 0 aliphatic heterocycles. The summed E-state index contributed by atoms with van der Waals surface area (Å²) < 4.78 is 0. The van der Waals surface area contributed by atoms with Crippen molar-refractivity contribution in [3.05, 3.63) is 29.8 Å². The molecule has 3 N–H and O–H groups in total. The van der Waals surface area contributed by atoms with E-state index in [2.05, 4.69) is 50.4 Å². The zero-order valence-electron chi connectivity index (χ0n) is 12.6. The zero-order chi connectivity index (χ0) is 13.9. The molecule has 0 unspecified atom stereocenters. The second-order valence-electron chi connectivity index (χ2n) is 6.57. The van der Waals surface area contributed by atoms with E-state index < -0.39 is 0 Å². The second kappa shape index (κ2) is 5.96. The lowest BCUT2D eigenvalue weighted by atomic mass is 9.82. The summed E-state index contributed by atoms with van der Waals surface area (Å²) in [4.78, 5) is 0. The maximum absolute atomic E-state index is 5.95. The lowest BCUT2D eigenvalue weighted by molar-refractivity contribution is 0.411. The van der Waals surface area contributed by atoms with E-state index in [1.807, 2.05) is 0 Å². The van der Waals surface area contributed by atoms with E-state index in [0.29, 0.717) is 12.1 Å². The normalized spacial score (nSPS) is 24.2. The average molecular weight is 260 g/mol. The Morgan fingerprint density at radius 1 is 1.11 bits per heavy atom. The number of benzene rings is 1. The highest BCUT2D eigenvalue weighted by molar-refractivity contribution is 5.46. The molecule has 1 aliphatic rings. The van der Waals surface area contributed by atoms with Crippen LogP contribution in [0.25, 0.3) is 0 Å². The Morgan fingerprint density at radius 2 is 1.68 bits per heavy atom. The van der Waals surface area contributed by atoms with Gasteiger partial charge in [-0.05, 0) is 55.2 Å². The molecule has 0 atom stereocenters. The van der Waals surface area contributed by atoms with Crippen LogP contribution in [0, 0.1) is 0 Å².